The molecule has 0 aliphatic rings. The van der Waals surface area contributed by atoms with Crippen molar-refractivity contribution in [1.29, 1.82) is 15.9 Å². The van der Waals surface area contributed by atoms with Crippen LogP contribution < -0.4 is 5.73 Å². The first-order chi connectivity index (χ1) is 23.9. The van der Waals surface area contributed by atoms with Crippen molar-refractivity contribution >= 4 is 70.4 Å². The van der Waals surface area contributed by atoms with E-state index in [1.165, 1.54) is 26.4 Å². The number of nitriles is 2. The van der Waals surface area contributed by atoms with Crippen LogP contribution in [-0.2, 0) is 0 Å². The van der Waals surface area contributed by atoms with Gasteiger partial charge in [-0.15, -0.1) is 11.3 Å². The Morgan fingerprint density at radius 1 is 0.653 bits per heavy atom. The first-order valence-corrected chi connectivity index (χ1v) is 16.6. The Morgan fingerprint density at radius 3 is 1.76 bits per heavy atom. The van der Waals surface area contributed by atoms with Crippen LogP contribution >= 0.6 is 11.3 Å². The summed E-state index contributed by atoms with van der Waals surface area (Å²) in [5.74, 6) is 0. The Labute approximate surface area is 288 Å². The fraction of sp³-hybridized carbons (Fsp3) is 0.0227. The highest BCUT2D eigenvalue weighted by molar-refractivity contribution is 7.25. The highest BCUT2D eigenvalue weighted by Crippen LogP contribution is 2.47. The molecule has 7 aromatic rings. The molecule has 1 heterocycles. The number of hydrogen-bond donors (Lipinski definition) is 2. The average Bonchev–Trinajstić information content (AvgIpc) is 3.51. The van der Waals surface area contributed by atoms with Crippen LogP contribution in [0.4, 0.5) is 0 Å². The quantitative estimate of drug-likeness (QED) is 0.0780. The van der Waals surface area contributed by atoms with Crippen molar-refractivity contribution in [3.8, 4) is 34.4 Å². The number of nitrogens with zero attached hydrogens (tertiary/aromatic N) is 2. The topological polar surface area (TPSA) is 97.5 Å². The van der Waals surface area contributed by atoms with Crippen LogP contribution in [0.25, 0.3) is 75.1 Å². The Kier molecular flexibility index (Phi) is 8.21. The van der Waals surface area contributed by atoms with Gasteiger partial charge in [-0.2, -0.15) is 10.5 Å². The van der Waals surface area contributed by atoms with Crippen LogP contribution in [0.5, 0.6) is 0 Å². The van der Waals surface area contributed by atoms with Crippen LogP contribution in [0, 0.1) is 28.1 Å². The van der Waals surface area contributed by atoms with E-state index in [0.29, 0.717) is 16.7 Å². The maximum absolute atomic E-state index is 9.33. The van der Waals surface area contributed by atoms with Gasteiger partial charge in [0.2, 0.25) is 0 Å². The summed E-state index contributed by atoms with van der Waals surface area (Å²) in [5, 5.41) is 33.6. The predicted molar refractivity (Wildman–Crippen MR) is 208 cm³/mol. The molecule has 0 saturated heterocycles. The first kappa shape index (κ1) is 31.1. The van der Waals surface area contributed by atoms with Gasteiger partial charge in [0.1, 0.15) is 0 Å². The molecule has 232 valence electrons. The van der Waals surface area contributed by atoms with Gasteiger partial charge in [-0.3, -0.25) is 0 Å². The maximum atomic E-state index is 9.33. The van der Waals surface area contributed by atoms with Crippen molar-refractivity contribution in [3.63, 3.8) is 0 Å². The number of hydrogen-bond acceptors (Lipinski definition) is 5. The van der Waals surface area contributed by atoms with Crippen molar-refractivity contribution < 1.29 is 0 Å². The molecule has 1 aromatic heterocycles. The van der Waals surface area contributed by atoms with Crippen LogP contribution in [-0.4, -0.2) is 6.21 Å². The highest BCUT2D eigenvalue weighted by atomic mass is 32.1. The van der Waals surface area contributed by atoms with E-state index in [9.17, 15) is 10.5 Å². The number of thiophene rings is 1. The molecule has 0 atom stereocenters. The summed E-state index contributed by atoms with van der Waals surface area (Å²) in [7, 11) is 0. The van der Waals surface area contributed by atoms with Gasteiger partial charge in [-0.05, 0) is 97.8 Å². The zero-order chi connectivity index (χ0) is 34.1. The first-order valence-electron chi connectivity index (χ1n) is 15.8. The number of allylic oxidation sites excluding steroid dienone is 6. The number of nitrogens with two attached hydrogens (primary N) is 1. The Balaban J connectivity index is 1.52. The molecule has 49 heavy (non-hydrogen) atoms. The lowest BCUT2D eigenvalue weighted by Crippen LogP contribution is -1.93. The van der Waals surface area contributed by atoms with Crippen LogP contribution in [0.1, 0.15) is 18.1 Å². The van der Waals surface area contributed by atoms with Crippen molar-refractivity contribution in [1.82, 2.24) is 0 Å². The minimum atomic E-state index is 0.305. The average molecular weight is 647 g/mol. The van der Waals surface area contributed by atoms with Crippen LogP contribution in [0.2, 0.25) is 0 Å². The van der Waals surface area contributed by atoms with Gasteiger partial charge >= 0.3 is 0 Å². The molecule has 0 bridgehead atoms. The Hall–Kier alpha value is -6.53. The number of nitrogens with one attached hydrogen (secondary N) is 1. The third-order valence-corrected chi connectivity index (χ3v) is 10.0. The molecular formula is C44H30N4S. The summed E-state index contributed by atoms with van der Waals surface area (Å²) in [5.41, 5.74) is 14.5. The summed E-state index contributed by atoms with van der Waals surface area (Å²) < 4.78 is 2.48. The normalized spacial score (nSPS) is 12.3. The second-order valence-corrected chi connectivity index (χ2v) is 13.0. The standard InChI is InChI=1S/C44H30N4S/c1-27(23-45)19-33(25-47)29-11-15-31(16-12-29)43-36-8-3-4-9-37(36)44(32-17-13-30(14-18-32)34(26-48)20-28(2)24-46)40-22-42-38(21-39(40)43)35-7-5-6-10-41(35)49-42/h3-22,25-26,47H,1,48H2,2H3/b28-20+,33-19+,34-26+,47-25?. The number of fused-ring (bicyclic) bond motifs is 5. The van der Waals surface area contributed by atoms with Crippen molar-refractivity contribution in [2.24, 2.45) is 5.73 Å². The van der Waals surface area contributed by atoms with E-state index < -0.39 is 0 Å². The molecule has 6 aromatic carbocycles. The van der Waals surface area contributed by atoms with E-state index in [4.69, 9.17) is 11.1 Å². The van der Waals surface area contributed by atoms with E-state index in [-0.39, 0.29) is 0 Å². The van der Waals surface area contributed by atoms with E-state index in [1.54, 1.807) is 25.3 Å². The predicted octanol–water partition coefficient (Wildman–Crippen LogP) is 11.6. The van der Waals surface area contributed by atoms with Crippen LogP contribution in [0.15, 0.2) is 145 Å². The monoisotopic (exact) mass is 646 g/mol. The Morgan fingerprint density at radius 2 is 1.20 bits per heavy atom. The lowest BCUT2D eigenvalue weighted by atomic mass is 9.85. The molecule has 0 aliphatic heterocycles. The molecule has 0 aliphatic carbocycles. The van der Waals surface area contributed by atoms with Gasteiger partial charge in [0, 0.05) is 49.3 Å². The zero-order valence-electron chi connectivity index (χ0n) is 26.8. The molecule has 0 unspecified atom stereocenters. The van der Waals surface area contributed by atoms with E-state index in [1.807, 2.05) is 29.5 Å². The smallest absolute Gasteiger partial charge is 0.0985 e. The zero-order valence-corrected chi connectivity index (χ0v) is 27.6. The molecule has 3 N–H and O–H groups in total. The van der Waals surface area contributed by atoms with Crippen molar-refractivity contribution in [2.75, 3.05) is 0 Å². The SMILES string of the molecule is C=C(C#N)/C=C(\C=N)c1ccc(-c2c3ccccc3c(-c3ccc(C(/C=C(\C)C#N)=C/N)cc3)c3cc4sc5ccccc5c4cc23)cc1. The van der Waals surface area contributed by atoms with E-state index in [0.717, 1.165) is 60.5 Å². The molecule has 0 amide bonds. The van der Waals surface area contributed by atoms with Gasteiger partial charge in [0.15, 0.2) is 0 Å². The van der Waals surface area contributed by atoms with Gasteiger partial charge in [-0.1, -0.05) is 97.6 Å². The maximum Gasteiger partial charge on any atom is 0.0985 e. The molecule has 0 saturated carbocycles. The van der Waals surface area contributed by atoms with E-state index >= 15 is 0 Å². The van der Waals surface area contributed by atoms with Gasteiger partial charge in [0.25, 0.3) is 0 Å². The molecule has 0 radical (unpaired) electrons. The third-order valence-electron chi connectivity index (χ3n) is 8.89. The summed E-state index contributed by atoms with van der Waals surface area (Å²) in [6.07, 6.45) is 6.24. The minimum absolute atomic E-state index is 0.305. The van der Waals surface area contributed by atoms with Crippen LogP contribution in [0.3, 0.4) is 0 Å². The lowest BCUT2D eigenvalue weighted by Gasteiger charge is -2.18. The van der Waals surface area contributed by atoms with Gasteiger partial charge in [-0.25, -0.2) is 0 Å². The molecule has 5 heteroatoms. The molecular weight excluding hydrogens is 617 g/mol. The second kappa shape index (κ2) is 12.9. The molecule has 4 nitrogen and oxygen atoms in total. The number of rotatable bonds is 7. The highest BCUT2D eigenvalue weighted by Gasteiger charge is 2.19. The van der Waals surface area contributed by atoms with Gasteiger partial charge < -0.3 is 11.1 Å². The van der Waals surface area contributed by atoms with Gasteiger partial charge in [0.05, 0.1) is 12.1 Å². The summed E-state index contributed by atoms with van der Waals surface area (Å²) in [6.45, 7) is 5.54. The second-order valence-electron chi connectivity index (χ2n) is 11.9. The number of benzene rings is 6. The third kappa shape index (κ3) is 5.59. The van der Waals surface area contributed by atoms with Crippen molar-refractivity contribution in [3.05, 3.63) is 156 Å². The van der Waals surface area contributed by atoms with E-state index in [2.05, 4.69) is 110 Å². The summed E-state index contributed by atoms with van der Waals surface area (Å²) in [4.78, 5) is 0. The fourth-order valence-corrected chi connectivity index (χ4v) is 7.72. The largest absolute Gasteiger partial charge is 0.404 e. The molecule has 0 fully saturated rings. The van der Waals surface area contributed by atoms with Crippen molar-refractivity contribution in [2.45, 2.75) is 6.92 Å². The Bertz CT molecular complexity index is 2650. The lowest BCUT2D eigenvalue weighted by molar-refractivity contribution is 1.44. The minimum Gasteiger partial charge on any atom is -0.404 e. The fourth-order valence-electron chi connectivity index (χ4n) is 6.60. The summed E-state index contributed by atoms with van der Waals surface area (Å²) in [6, 6.07) is 42.7. The molecule has 7 rings (SSSR count). The molecule has 0 spiro atoms. The summed E-state index contributed by atoms with van der Waals surface area (Å²) >= 11 is 1.81.